The minimum Gasteiger partial charge on any atom is -0.368 e. The fraction of sp³-hybridized carbons (Fsp3) is 0.364. The molecule has 1 aliphatic rings. The third kappa shape index (κ3) is 5.09. The van der Waals surface area contributed by atoms with E-state index in [0.717, 1.165) is 18.7 Å². The van der Waals surface area contributed by atoms with E-state index in [4.69, 9.17) is 0 Å². The average Bonchev–Trinajstić information content (AvgIpc) is 2.68. The summed E-state index contributed by atoms with van der Waals surface area (Å²) in [5, 5.41) is 2.91. The van der Waals surface area contributed by atoms with Crippen molar-refractivity contribution in [3.05, 3.63) is 65.7 Å². The molecule has 1 heterocycles. The van der Waals surface area contributed by atoms with Gasteiger partial charge in [-0.2, -0.15) is 0 Å². The monoisotopic (exact) mass is 365 g/mol. The Hall–Kier alpha value is -2.82. The summed E-state index contributed by atoms with van der Waals surface area (Å²) >= 11 is 0. The van der Waals surface area contributed by atoms with Gasteiger partial charge in [-0.15, -0.1) is 0 Å². The summed E-state index contributed by atoms with van der Waals surface area (Å²) in [5.74, 6) is -0.325. The first kappa shape index (κ1) is 19.0. The van der Waals surface area contributed by atoms with Gasteiger partial charge in [-0.05, 0) is 37.1 Å². The van der Waals surface area contributed by atoms with Gasteiger partial charge >= 0.3 is 0 Å². The number of piperazine rings is 1. The molecular weight excluding hydrogens is 338 g/mol. The van der Waals surface area contributed by atoms with Gasteiger partial charge in [0.25, 0.3) is 0 Å². The molecule has 142 valence electrons. The molecule has 2 aromatic carbocycles. The predicted octanol–water partition coefficient (Wildman–Crippen LogP) is 2.91. The van der Waals surface area contributed by atoms with Crippen LogP contribution in [0.5, 0.6) is 0 Å². The molecule has 3 rings (SSSR count). The second-order valence-corrected chi connectivity index (χ2v) is 7.08. The van der Waals surface area contributed by atoms with Crippen molar-refractivity contribution in [2.45, 2.75) is 26.3 Å². The Morgan fingerprint density at radius 3 is 2.37 bits per heavy atom. The van der Waals surface area contributed by atoms with Gasteiger partial charge in [0.1, 0.15) is 6.42 Å². The highest BCUT2D eigenvalue weighted by molar-refractivity contribution is 5.97. The van der Waals surface area contributed by atoms with Crippen LogP contribution in [-0.2, 0) is 9.59 Å². The molecule has 2 amide bonds. The van der Waals surface area contributed by atoms with E-state index in [1.165, 1.54) is 11.3 Å². The molecule has 1 atom stereocenters. The zero-order valence-electron chi connectivity index (χ0n) is 16.0. The molecule has 0 saturated carbocycles. The van der Waals surface area contributed by atoms with Gasteiger partial charge < -0.3 is 15.1 Å². The molecule has 1 fully saturated rings. The lowest BCUT2D eigenvalue weighted by Crippen LogP contribution is -2.49. The van der Waals surface area contributed by atoms with Gasteiger partial charge in [-0.25, -0.2) is 0 Å². The molecule has 0 spiro atoms. The Balaban J connectivity index is 1.47. The summed E-state index contributed by atoms with van der Waals surface area (Å²) in [6.45, 7) is 6.88. The van der Waals surface area contributed by atoms with Crippen molar-refractivity contribution in [2.24, 2.45) is 0 Å². The largest absolute Gasteiger partial charge is 0.368 e. The Morgan fingerprint density at radius 2 is 1.70 bits per heavy atom. The van der Waals surface area contributed by atoms with Crippen LogP contribution in [-0.4, -0.2) is 42.9 Å². The zero-order chi connectivity index (χ0) is 19.2. The normalized spacial score (nSPS) is 15.3. The Bertz CT molecular complexity index is 783. The first-order valence-corrected chi connectivity index (χ1v) is 9.46. The number of anilines is 1. The first-order chi connectivity index (χ1) is 13.0. The number of carbonyl (C=O) groups is 2. The van der Waals surface area contributed by atoms with E-state index < -0.39 is 0 Å². The zero-order valence-corrected chi connectivity index (χ0v) is 16.0. The number of benzene rings is 2. The Labute approximate surface area is 161 Å². The molecule has 0 radical (unpaired) electrons. The van der Waals surface area contributed by atoms with Crippen LogP contribution in [0.3, 0.4) is 0 Å². The topological polar surface area (TPSA) is 52.7 Å². The molecule has 1 saturated heterocycles. The van der Waals surface area contributed by atoms with E-state index in [-0.39, 0.29) is 24.3 Å². The number of aryl methyl sites for hydroxylation is 1. The highest BCUT2D eigenvalue weighted by Crippen LogP contribution is 2.18. The van der Waals surface area contributed by atoms with Gasteiger partial charge in [0.15, 0.2) is 0 Å². The van der Waals surface area contributed by atoms with Crippen LogP contribution < -0.4 is 10.2 Å². The molecular formula is C22H27N3O2. The van der Waals surface area contributed by atoms with E-state index in [2.05, 4.69) is 41.4 Å². The summed E-state index contributed by atoms with van der Waals surface area (Å²) < 4.78 is 0. The summed E-state index contributed by atoms with van der Waals surface area (Å²) in [6, 6.07) is 18.1. The number of carbonyl (C=O) groups excluding carboxylic acids is 2. The van der Waals surface area contributed by atoms with Crippen LogP contribution in [0, 0.1) is 6.92 Å². The number of nitrogens with zero attached hydrogens (tertiary/aromatic N) is 2. The van der Waals surface area contributed by atoms with Gasteiger partial charge in [-0.3, -0.25) is 9.59 Å². The molecule has 1 aliphatic heterocycles. The second kappa shape index (κ2) is 8.71. The molecule has 0 bridgehead atoms. The third-order valence-electron chi connectivity index (χ3n) is 4.99. The maximum atomic E-state index is 12.5. The van der Waals surface area contributed by atoms with Crippen molar-refractivity contribution in [1.29, 1.82) is 0 Å². The van der Waals surface area contributed by atoms with Crippen LogP contribution in [0.25, 0.3) is 0 Å². The Kier molecular flexibility index (Phi) is 6.12. The van der Waals surface area contributed by atoms with Gasteiger partial charge in [0.2, 0.25) is 11.8 Å². The molecule has 1 unspecified atom stereocenters. The van der Waals surface area contributed by atoms with Crippen LogP contribution in [0.1, 0.15) is 30.5 Å². The van der Waals surface area contributed by atoms with Crippen LogP contribution in [0.4, 0.5) is 5.69 Å². The fourth-order valence-electron chi connectivity index (χ4n) is 3.41. The lowest BCUT2D eigenvalue weighted by atomic mass is 10.1. The SMILES string of the molecule is Cc1cccc(N2CCN(C(=O)CC(=O)NC(C)c3ccccc3)CC2)c1. The van der Waals surface area contributed by atoms with E-state index in [1.54, 1.807) is 4.90 Å². The van der Waals surface area contributed by atoms with Crippen molar-refractivity contribution in [1.82, 2.24) is 10.2 Å². The maximum absolute atomic E-state index is 12.5. The number of hydrogen-bond acceptors (Lipinski definition) is 3. The van der Waals surface area contributed by atoms with Crippen molar-refractivity contribution < 1.29 is 9.59 Å². The van der Waals surface area contributed by atoms with Crippen molar-refractivity contribution >= 4 is 17.5 Å². The minimum atomic E-state index is -0.225. The minimum absolute atomic E-state index is 0.0956. The summed E-state index contributed by atoms with van der Waals surface area (Å²) in [5.41, 5.74) is 3.46. The fourth-order valence-corrected chi connectivity index (χ4v) is 3.41. The Morgan fingerprint density at radius 1 is 1.00 bits per heavy atom. The summed E-state index contributed by atoms with van der Waals surface area (Å²) in [6.07, 6.45) is -0.0956. The van der Waals surface area contributed by atoms with Crippen molar-refractivity contribution in [3.63, 3.8) is 0 Å². The molecule has 0 aliphatic carbocycles. The first-order valence-electron chi connectivity index (χ1n) is 9.46. The van der Waals surface area contributed by atoms with E-state index in [1.807, 2.05) is 37.3 Å². The highest BCUT2D eigenvalue weighted by Gasteiger charge is 2.23. The lowest BCUT2D eigenvalue weighted by Gasteiger charge is -2.36. The van der Waals surface area contributed by atoms with Crippen LogP contribution in [0.15, 0.2) is 54.6 Å². The molecule has 1 N–H and O–H groups in total. The van der Waals surface area contributed by atoms with Crippen molar-refractivity contribution in [2.75, 3.05) is 31.1 Å². The van der Waals surface area contributed by atoms with Gasteiger partial charge in [-0.1, -0.05) is 42.5 Å². The smallest absolute Gasteiger partial charge is 0.232 e. The van der Waals surface area contributed by atoms with E-state index >= 15 is 0 Å². The summed E-state index contributed by atoms with van der Waals surface area (Å²) in [7, 11) is 0. The van der Waals surface area contributed by atoms with Crippen molar-refractivity contribution in [3.8, 4) is 0 Å². The molecule has 0 aromatic heterocycles. The number of nitrogens with one attached hydrogen (secondary N) is 1. The average molecular weight is 365 g/mol. The van der Waals surface area contributed by atoms with Crippen LogP contribution in [0.2, 0.25) is 0 Å². The number of rotatable bonds is 5. The van der Waals surface area contributed by atoms with Gasteiger partial charge in [0, 0.05) is 31.9 Å². The van der Waals surface area contributed by atoms with E-state index in [9.17, 15) is 9.59 Å². The quantitative estimate of drug-likeness (QED) is 0.829. The molecule has 5 nitrogen and oxygen atoms in total. The van der Waals surface area contributed by atoms with Gasteiger partial charge in [0.05, 0.1) is 6.04 Å². The number of hydrogen-bond donors (Lipinski definition) is 1. The number of amides is 2. The lowest BCUT2D eigenvalue weighted by molar-refractivity contribution is -0.136. The maximum Gasteiger partial charge on any atom is 0.232 e. The highest BCUT2D eigenvalue weighted by atomic mass is 16.2. The van der Waals surface area contributed by atoms with E-state index in [0.29, 0.717) is 13.1 Å². The molecule has 5 heteroatoms. The predicted molar refractivity (Wildman–Crippen MR) is 108 cm³/mol. The third-order valence-corrected chi connectivity index (χ3v) is 4.99. The van der Waals surface area contributed by atoms with Crippen LogP contribution >= 0.6 is 0 Å². The second-order valence-electron chi connectivity index (χ2n) is 7.08. The molecule has 27 heavy (non-hydrogen) atoms. The summed E-state index contributed by atoms with van der Waals surface area (Å²) in [4.78, 5) is 28.8. The standard InChI is InChI=1S/C22H27N3O2/c1-17-7-6-10-20(15-17)24-11-13-25(14-12-24)22(27)16-21(26)23-18(2)19-8-4-3-5-9-19/h3-10,15,18H,11-14,16H2,1-2H3,(H,23,26). The molecule has 2 aromatic rings.